The van der Waals surface area contributed by atoms with Gasteiger partial charge < -0.3 is 35.0 Å². The lowest BCUT2D eigenvalue weighted by Gasteiger charge is -2.42. The number of ether oxygens (including phenoxy) is 2. The number of aliphatic hydroxyl groups excluding tert-OH is 1. The molecule has 3 N–H and O–H groups in total. The second-order valence-corrected chi connectivity index (χ2v) is 17.4. The first kappa shape index (κ1) is 48.1. The van der Waals surface area contributed by atoms with Gasteiger partial charge in [0.05, 0.1) is 54.8 Å². The SMILES string of the molecule is CCC(C)C(C(CC(=O)N1CCCC1C(OC)C(C)C(=O)NC(C)C(O)c1ccccc1)OC)N(C)C(=O)C(NC(=O)C(C(C)C)N(C)C(C)(C)C)C(C)C. The molecule has 1 fully saturated rings. The van der Waals surface area contributed by atoms with Crippen molar-refractivity contribution in [2.45, 2.75) is 156 Å². The number of carbonyl (C=O) groups excluding carboxylic acids is 4. The van der Waals surface area contributed by atoms with Gasteiger partial charge in [0, 0.05) is 33.4 Å². The zero-order valence-electron chi connectivity index (χ0n) is 36.6. The highest BCUT2D eigenvalue weighted by Crippen LogP contribution is 2.30. The lowest BCUT2D eigenvalue weighted by Crippen LogP contribution is -2.61. The number of nitrogens with one attached hydrogen (secondary N) is 2. The third kappa shape index (κ3) is 12.5. The second-order valence-electron chi connectivity index (χ2n) is 17.4. The smallest absolute Gasteiger partial charge is 0.245 e. The molecule has 314 valence electrons. The Labute approximate surface area is 332 Å². The Morgan fingerprint density at radius 3 is 2.00 bits per heavy atom. The molecular formula is C43H75N5O7. The van der Waals surface area contributed by atoms with Crippen LogP contribution in [0.1, 0.15) is 114 Å². The van der Waals surface area contributed by atoms with E-state index in [-0.39, 0.29) is 59.4 Å². The van der Waals surface area contributed by atoms with Crippen LogP contribution in [-0.4, -0.2) is 126 Å². The Morgan fingerprint density at radius 1 is 0.909 bits per heavy atom. The van der Waals surface area contributed by atoms with Gasteiger partial charge in [0.15, 0.2) is 0 Å². The predicted molar refractivity (Wildman–Crippen MR) is 218 cm³/mol. The minimum absolute atomic E-state index is 0.0159. The first-order chi connectivity index (χ1) is 25.6. The van der Waals surface area contributed by atoms with E-state index in [0.29, 0.717) is 18.5 Å². The minimum Gasteiger partial charge on any atom is -0.386 e. The molecule has 1 saturated heterocycles. The maximum absolute atomic E-state index is 14.4. The Balaban J connectivity index is 2.28. The van der Waals surface area contributed by atoms with Crippen LogP contribution in [0.15, 0.2) is 30.3 Å². The molecule has 12 nitrogen and oxygen atoms in total. The summed E-state index contributed by atoms with van der Waals surface area (Å²) in [5, 5.41) is 16.9. The number of carbonyl (C=O) groups is 4. The highest BCUT2D eigenvalue weighted by Gasteiger charge is 2.43. The molecule has 55 heavy (non-hydrogen) atoms. The Bertz CT molecular complexity index is 1370. The number of rotatable bonds is 20. The van der Waals surface area contributed by atoms with Crippen molar-refractivity contribution < 1.29 is 33.8 Å². The minimum atomic E-state index is -0.878. The van der Waals surface area contributed by atoms with Gasteiger partial charge in [-0.2, -0.15) is 0 Å². The molecule has 12 heteroatoms. The van der Waals surface area contributed by atoms with Crippen LogP contribution in [0.5, 0.6) is 0 Å². The average molecular weight is 774 g/mol. The lowest BCUT2D eigenvalue weighted by atomic mass is 9.89. The predicted octanol–water partition coefficient (Wildman–Crippen LogP) is 5.04. The number of aliphatic hydroxyl groups is 1. The van der Waals surface area contributed by atoms with E-state index < -0.39 is 48.4 Å². The van der Waals surface area contributed by atoms with Crippen LogP contribution in [0, 0.1) is 23.7 Å². The van der Waals surface area contributed by atoms with Gasteiger partial charge in [0.1, 0.15) is 6.04 Å². The number of hydrogen-bond acceptors (Lipinski definition) is 8. The van der Waals surface area contributed by atoms with Crippen molar-refractivity contribution in [3.05, 3.63) is 35.9 Å². The molecule has 0 saturated carbocycles. The lowest BCUT2D eigenvalue weighted by molar-refractivity contribution is -0.148. The molecular weight excluding hydrogens is 699 g/mol. The van der Waals surface area contributed by atoms with Gasteiger partial charge in [-0.3, -0.25) is 24.1 Å². The van der Waals surface area contributed by atoms with E-state index in [1.54, 1.807) is 44.9 Å². The van der Waals surface area contributed by atoms with Crippen molar-refractivity contribution >= 4 is 23.6 Å². The number of methoxy groups -OCH3 is 2. The number of likely N-dealkylation sites (tertiary alicyclic amines) is 1. The number of benzene rings is 1. The maximum Gasteiger partial charge on any atom is 0.245 e. The van der Waals surface area contributed by atoms with Gasteiger partial charge in [0.2, 0.25) is 23.6 Å². The van der Waals surface area contributed by atoms with Crippen LogP contribution in [0.25, 0.3) is 0 Å². The van der Waals surface area contributed by atoms with Gasteiger partial charge in [-0.05, 0) is 70.9 Å². The van der Waals surface area contributed by atoms with E-state index in [0.717, 1.165) is 12.8 Å². The molecule has 0 aromatic heterocycles. The summed E-state index contributed by atoms with van der Waals surface area (Å²) in [7, 11) is 6.81. The van der Waals surface area contributed by atoms with Crippen LogP contribution >= 0.6 is 0 Å². The monoisotopic (exact) mass is 774 g/mol. The summed E-state index contributed by atoms with van der Waals surface area (Å²) in [4.78, 5) is 61.5. The molecule has 0 spiro atoms. The average Bonchev–Trinajstić information content (AvgIpc) is 3.62. The summed E-state index contributed by atoms with van der Waals surface area (Å²) in [6, 6.07) is 6.65. The summed E-state index contributed by atoms with van der Waals surface area (Å²) in [6.45, 7) is 22.2. The highest BCUT2D eigenvalue weighted by molar-refractivity contribution is 5.90. The number of likely N-dealkylation sites (N-methyl/N-ethyl adjacent to an activating group) is 2. The Hall–Kier alpha value is -3.06. The third-order valence-electron chi connectivity index (χ3n) is 11.8. The van der Waals surface area contributed by atoms with Crippen molar-refractivity contribution in [2.75, 3.05) is 34.9 Å². The van der Waals surface area contributed by atoms with Crippen LogP contribution in [0.4, 0.5) is 0 Å². The topological polar surface area (TPSA) is 141 Å². The van der Waals surface area contributed by atoms with Crippen molar-refractivity contribution in [1.82, 2.24) is 25.3 Å². The highest BCUT2D eigenvalue weighted by atomic mass is 16.5. The van der Waals surface area contributed by atoms with Crippen molar-refractivity contribution in [3.63, 3.8) is 0 Å². The Kier molecular flexibility index (Phi) is 18.8. The maximum atomic E-state index is 14.4. The number of amides is 4. The van der Waals surface area contributed by atoms with Crippen molar-refractivity contribution in [2.24, 2.45) is 23.7 Å². The Morgan fingerprint density at radius 2 is 1.51 bits per heavy atom. The van der Waals surface area contributed by atoms with Crippen LogP contribution in [0.2, 0.25) is 0 Å². The zero-order valence-corrected chi connectivity index (χ0v) is 36.6. The van der Waals surface area contributed by atoms with Crippen LogP contribution < -0.4 is 10.6 Å². The van der Waals surface area contributed by atoms with E-state index in [1.807, 2.05) is 72.0 Å². The molecule has 1 aromatic carbocycles. The van der Waals surface area contributed by atoms with E-state index in [9.17, 15) is 24.3 Å². The van der Waals surface area contributed by atoms with Gasteiger partial charge >= 0.3 is 0 Å². The van der Waals surface area contributed by atoms with Gasteiger partial charge in [-0.25, -0.2) is 0 Å². The molecule has 0 aliphatic carbocycles. The van der Waals surface area contributed by atoms with E-state index in [1.165, 1.54) is 0 Å². The fraction of sp³-hybridized carbons (Fsp3) is 0.767. The molecule has 0 bridgehead atoms. The molecule has 0 radical (unpaired) electrons. The number of nitrogens with zero attached hydrogens (tertiary/aromatic N) is 3. The molecule has 10 unspecified atom stereocenters. The van der Waals surface area contributed by atoms with E-state index >= 15 is 0 Å². The summed E-state index contributed by atoms with van der Waals surface area (Å²) in [5.41, 5.74) is 0.454. The number of hydrogen-bond donors (Lipinski definition) is 3. The molecule has 2 rings (SSSR count). The summed E-state index contributed by atoms with van der Waals surface area (Å²) in [5.74, 6) is -1.62. The summed E-state index contributed by atoms with van der Waals surface area (Å²) < 4.78 is 12.0. The summed E-state index contributed by atoms with van der Waals surface area (Å²) >= 11 is 0. The van der Waals surface area contributed by atoms with Crippen molar-refractivity contribution in [3.8, 4) is 0 Å². The molecule has 4 amide bonds. The molecule has 1 aromatic rings. The van der Waals surface area contributed by atoms with Gasteiger partial charge in [-0.1, -0.05) is 85.2 Å². The third-order valence-corrected chi connectivity index (χ3v) is 11.8. The van der Waals surface area contributed by atoms with E-state index in [4.69, 9.17) is 9.47 Å². The van der Waals surface area contributed by atoms with E-state index in [2.05, 4.69) is 43.2 Å². The molecule has 1 aliphatic rings. The van der Waals surface area contributed by atoms with Crippen molar-refractivity contribution in [1.29, 1.82) is 0 Å². The van der Waals surface area contributed by atoms with Crippen LogP contribution in [-0.2, 0) is 28.7 Å². The second kappa shape index (κ2) is 21.5. The van der Waals surface area contributed by atoms with Gasteiger partial charge in [0.25, 0.3) is 0 Å². The fourth-order valence-electron chi connectivity index (χ4n) is 7.99. The molecule has 1 aliphatic heterocycles. The molecule has 10 atom stereocenters. The zero-order chi connectivity index (χ0) is 41.9. The van der Waals surface area contributed by atoms with Gasteiger partial charge in [-0.15, -0.1) is 0 Å². The first-order valence-electron chi connectivity index (χ1n) is 20.3. The van der Waals surface area contributed by atoms with Crippen LogP contribution in [0.3, 0.4) is 0 Å². The standard InChI is InChI=1S/C43H75N5O7/c1-16-28(6)37(46(12)42(53)35(26(2)3)45-41(52)36(27(4)5)47(13)43(9,10)11)33(54-14)25-34(49)48-24-20-23-32(48)39(55-15)29(7)40(51)44-30(8)38(50)31-21-18-17-19-22-31/h17-19,21-22,26-30,32-33,35-39,50H,16,20,23-25H2,1-15H3,(H,44,51)(H,45,52). The first-order valence-corrected chi connectivity index (χ1v) is 20.3. The summed E-state index contributed by atoms with van der Waals surface area (Å²) in [6.07, 6.45) is 0.119. The largest absolute Gasteiger partial charge is 0.386 e. The molecule has 1 heterocycles. The quantitative estimate of drug-likeness (QED) is 0.168. The fourth-order valence-corrected chi connectivity index (χ4v) is 7.99. The normalized spacial score (nSPS) is 20.0.